The average Bonchev–Trinajstić information content (AvgIpc) is 2.31. The molecule has 1 aliphatic heterocycles. The summed E-state index contributed by atoms with van der Waals surface area (Å²) in [5.41, 5.74) is 5.36. The molecular formula is C8H14N2OS. The zero-order chi connectivity index (χ0) is 9.14. The number of hydrogen-bond donors (Lipinski definition) is 1. The van der Waals surface area contributed by atoms with Crippen molar-refractivity contribution in [1.29, 1.82) is 0 Å². The van der Waals surface area contributed by atoms with E-state index in [-0.39, 0.29) is 5.91 Å². The van der Waals surface area contributed by atoms with Gasteiger partial charge in [0, 0.05) is 13.0 Å². The summed E-state index contributed by atoms with van der Waals surface area (Å²) in [6, 6.07) is 0. The molecule has 2 N–H and O–H groups in total. The highest BCUT2D eigenvalue weighted by Gasteiger charge is 2.27. The number of carbonyl (C=O) groups excluding carboxylic acids is 1. The summed E-state index contributed by atoms with van der Waals surface area (Å²) in [6.45, 7) is 3.37. The maximum Gasteiger partial charge on any atom is 0.223 e. The molecule has 0 radical (unpaired) electrons. The smallest absolute Gasteiger partial charge is 0.223 e. The van der Waals surface area contributed by atoms with E-state index >= 15 is 0 Å². The lowest BCUT2D eigenvalue weighted by atomic mass is 10.1. The standard InChI is InChI=1S/C8H14N2OS/c1-2-6-3-8(11)10(4-6)5-7(9)12/h6H,2-5H2,1H3,(H2,9,12). The topological polar surface area (TPSA) is 46.3 Å². The summed E-state index contributed by atoms with van der Waals surface area (Å²) in [5, 5.41) is 0. The Balaban J connectivity index is 2.46. The van der Waals surface area contributed by atoms with Crippen LogP contribution in [0.15, 0.2) is 0 Å². The molecule has 1 saturated heterocycles. The number of nitrogens with zero attached hydrogens (tertiary/aromatic N) is 1. The predicted octanol–water partition coefficient (Wildman–Crippen LogP) is 0.531. The molecule has 1 amide bonds. The zero-order valence-electron chi connectivity index (χ0n) is 7.25. The van der Waals surface area contributed by atoms with Gasteiger partial charge >= 0.3 is 0 Å². The van der Waals surface area contributed by atoms with Crippen molar-refractivity contribution < 1.29 is 4.79 Å². The van der Waals surface area contributed by atoms with E-state index in [1.54, 1.807) is 4.90 Å². The molecule has 4 heteroatoms. The Hall–Kier alpha value is -0.640. The second-order valence-corrected chi connectivity index (χ2v) is 3.74. The molecule has 12 heavy (non-hydrogen) atoms. The largest absolute Gasteiger partial charge is 0.392 e. The van der Waals surface area contributed by atoms with E-state index in [9.17, 15) is 4.79 Å². The van der Waals surface area contributed by atoms with Crippen LogP contribution in [0, 0.1) is 5.92 Å². The summed E-state index contributed by atoms with van der Waals surface area (Å²) >= 11 is 4.74. The van der Waals surface area contributed by atoms with Crippen LogP contribution in [0.2, 0.25) is 0 Å². The maximum atomic E-state index is 11.3. The van der Waals surface area contributed by atoms with Crippen LogP contribution in [0.5, 0.6) is 0 Å². The first-order chi connectivity index (χ1) is 5.63. The van der Waals surface area contributed by atoms with Gasteiger partial charge in [-0.1, -0.05) is 25.6 Å². The molecule has 1 fully saturated rings. The van der Waals surface area contributed by atoms with Gasteiger partial charge in [0.05, 0.1) is 11.5 Å². The van der Waals surface area contributed by atoms with Gasteiger partial charge in [-0.3, -0.25) is 4.79 Å². The number of thiocarbonyl (C=S) groups is 1. The van der Waals surface area contributed by atoms with Gasteiger partial charge in [0.2, 0.25) is 5.91 Å². The zero-order valence-corrected chi connectivity index (χ0v) is 8.06. The lowest BCUT2D eigenvalue weighted by Gasteiger charge is -2.14. The Kier molecular flexibility index (Phi) is 3.03. The highest BCUT2D eigenvalue weighted by molar-refractivity contribution is 7.80. The fraction of sp³-hybridized carbons (Fsp3) is 0.750. The molecule has 0 aromatic rings. The molecule has 0 aromatic heterocycles. The summed E-state index contributed by atoms with van der Waals surface area (Å²) < 4.78 is 0. The van der Waals surface area contributed by atoms with Crippen molar-refractivity contribution in [3.63, 3.8) is 0 Å². The number of nitrogens with two attached hydrogens (primary N) is 1. The molecule has 0 aromatic carbocycles. The second-order valence-electron chi connectivity index (χ2n) is 3.22. The van der Waals surface area contributed by atoms with Crippen LogP contribution in [-0.2, 0) is 4.79 Å². The van der Waals surface area contributed by atoms with Crippen molar-refractivity contribution in [2.45, 2.75) is 19.8 Å². The Morgan fingerprint density at radius 2 is 2.50 bits per heavy atom. The number of carbonyl (C=O) groups is 1. The van der Waals surface area contributed by atoms with Crippen molar-refractivity contribution >= 4 is 23.1 Å². The van der Waals surface area contributed by atoms with Crippen molar-refractivity contribution in [3.05, 3.63) is 0 Å². The molecule has 1 aliphatic rings. The van der Waals surface area contributed by atoms with Crippen molar-refractivity contribution in [2.75, 3.05) is 13.1 Å². The van der Waals surface area contributed by atoms with Gasteiger partial charge in [0.25, 0.3) is 0 Å². The van der Waals surface area contributed by atoms with Gasteiger partial charge in [0.1, 0.15) is 0 Å². The van der Waals surface area contributed by atoms with Crippen LogP contribution < -0.4 is 5.73 Å². The van der Waals surface area contributed by atoms with Crippen molar-refractivity contribution in [1.82, 2.24) is 4.90 Å². The van der Waals surface area contributed by atoms with Gasteiger partial charge in [-0.05, 0) is 5.92 Å². The van der Waals surface area contributed by atoms with Gasteiger partial charge in [-0.15, -0.1) is 0 Å². The lowest BCUT2D eigenvalue weighted by molar-refractivity contribution is -0.127. The molecule has 1 unspecified atom stereocenters. The molecule has 1 heterocycles. The second kappa shape index (κ2) is 3.85. The highest BCUT2D eigenvalue weighted by Crippen LogP contribution is 2.19. The maximum absolute atomic E-state index is 11.3. The van der Waals surface area contributed by atoms with E-state index in [1.165, 1.54) is 0 Å². The summed E-state index contributed by atoms with van der Waals surface area (Å²) in [6.07, 6.45) is 1.72. The van der Waals surface area contributed by atoms with Crippen molar-refractivity contribution in [3.8, 4) is 0 Å². The minimum atomic E-state index is 0.189. The number of likely N-dealkylation sites (tertiary alicyclic amines) is 1. The third kappa shape index (κ3) is 2.17. The SMILES string of the molecule is CCC1CC(=O)N(CC(N)=S)C1. The Morgan fingerprint density at radius 3 is 2.92 bits per heavy atom. The minimum Gasteiger partial charge on any atom is -0.392 e. The fourth-order valence-electron chi connectivity index (χ4n) is 1.47. The van der Waals surface area contributed by atoms with Gasteiger partial charge in [-0.2, -0.15) is 0 Å². The molecule has 0 bridgehead atoms. The Morgan fingerprint density at radius 1 is 1.83 bits per heavy atom. The van der Waals surface area contributed by atoms with Gasteiger partial charge in [-0.25, -0.2) is 0 Å². The molecule has 0 spiro atoms. The quantitative estimate of drug-likeness (QED) is 0.654. The third-order valence-electron chi connectivity index (χ3n) is 2.22. The third-order valence-corrected chi connectivity index (χ3v) is 2.35. The number of hydrogen-bond acceptors (Lipinski definition) is 2. The number of rotatable bonds is 3. The normalized spacial score (nSPS) is 23.2. The fourth-order valence-corrected chi connectivity index (χ4v) is 1.62. The van der Waals surface area contributed by atoms with Crippen LogP contribution in [0.4, 0.5) is 0 Å². The first-order valence-corrected chi connectivity index (χ1v) is 4.60. The highest BCUT2D eigenvalue weighted by atomic mass is 32.1. The molecule has 3 nitrogen and oxygen atoms in total. The predicted molar refractivity (Wildman–Crippen MR) is 51.8 cm³/mol. The monoisotopic (exact) mass is 186 g/mol. The average molecular weight is 186 g/mol. The van der Waals surface area contributed by atoms with Crippen LogP contribution in [0.25, 0.3) is 0 Å². The minimum absolute atomic E-state index is 0.189. The molecule has 1 atom stereocenters. The Bertz CT molecular complexity index is 205. The van der Waals surface area contributed by atoms with Gasteiger partial charge in [0.15, 0.2) is 0 Å². The molecular weight excluding hydrogens is 172 g/mol. The molecule has 0 saturated carbocycles. The summed E-state index contributed by atoms with van der Waals surface area (Å²) in [7, 11) is 0. The van der Waals surface area contributed by atoms with E-state index in [4.69, 9.17) is 18.0 Å². The van der Waals surface area contributed by atoms with Gasteiger partial charge < -0.3 is 10.6 Å². The van der Waals surface area contributed by atoms with E-state index in [1.807, 2.05) is 0 Å². The van der Waals surface area contributed by atoms with Crippen molar-refractivity contribution in [2.24, 2.45) is 11.7 Å². The molecule has 68 valence electrons. The number of amides is 1. The first-order valence-electron chi connectivity index (χ1n) is 4.19. The molecule has 1 rings (SSSR count). The van der Waals surface area contributed by atoms with E-state index in [0.29, 0.717) is 23.9 Å². The van der Waals surface area contributed by atoms with E-state index < -0.39 is 0 Å². The van der Waals surface area contributed by atoms with Crippen LogP contribution in [0.1, 0.15) is 19.8 Å². The van der Waals surface area contributed by atoms with E-state index in [0.717, 1.165) is 13.0 Å². The summed E-state index contributed by atoms with van der Waals surface area (Å²) in [5.74, 6) is 0.696. The van der Waals surface area contributed by atoms with Crippen LogP contribution in [-0.4, -0.2) is 28.9 Å². The van der Waals surface area contributed by atoms with Crippen LogP contribution in [0.3, 0.4) is 0 Å². The van der Waals surface area contributed by atoms with Crippen LogP contribution >= 0.6 is 12.2 Å². The Labute approximate surface area is 77.9 Å². The van der Waals surface area contributed by atoms with E-state index in [2.05, 4.69) is 6.92 Å². The first kappa shape index (κ1) is 9.45. The molecule has 0 aliphatic carbocycles. The lowest BCUT2D eigenvalue weighted by Crippen LogP contribution is -2.33. The summed E-state index contributed by atoms with van der Waals surface area (Å²) in [4.78, 5) is 13.4.